The number of unbranched alkanes of at least 4 members (excludes halogenated alkanes) is 8. The highest BCUT2D eigenvalue weighted by atomic mass is 16.6. The largest absolute Gasteiger partial charge is 0.497 e. The zero-order valence-electron chi connectivity index (χ0n) is 20.6. The van der Waals surface area contributed by atoms with Gasteiger partial charge in [0.05, 0.1) is 18.6 Å². The molecule has 1 aliphatic rings. The smallest absolute Gasteiger partial charge is 0.343 e. The van der Waals surface area contributed by atoms with Crippen LogP contribution in [-0.4, -0.2) is 30.7 Å². The van der Waals surface area contributed by atoms with Gasteiger partial charge in [0.2, 0.25) is 0 Å². The number of epoxide rings is 1. The molecule has 2 aromatic carbocycles. The maximum absolute atomic E-state index is 12.5. The van der Waals surface area contributed by atoms with Crippen LogP contribution in [-0.2, 0) is 9.53 Å². The minimum atomic E-state index is -0.839. The summed E-state index contributed by atoms with van der Waals surface area (Å²) in [5, 5.41) is 11.3. The predicted octanol–water partition coefficient (Wildman–Crippen LogP) is 6.56. The number of carbonyl (C=O) groups is 1. The lowest BCUT2D eigenvalue weighted by atomic mass is 10.1. The molecule has 1 heterocycles. The van der Waals surface area contributed by atoms with Gasteiger partial charge in [-0.05, 0) is 36.8 Å². The van der Waals surface area contributed by atoms with Gasteiger partial charge in [0.15, 0.2) is 6.10 Å². The topological polar surface area (TPSA) is 100 Å². The van der Waals surface area contributed by atoms with Crippen molar-refractivity contribution in [2.75, 3.05) is 13.7 Å². The zero-order chi connectivity index (χ0) is 25.0. The summed E-state index contributed by atoms with van der Waals surface area (Å²) in [5.74, 6) is 0.957. The van der Waals surface area contributed by atoms with Gasteiger partial charge in [0.1, 0.15) is 23.4 Å². The van der Waals surface area contributed by atoms with E-state index in [0.29, 0.717) is 29.4 Å². The van der Waals surface area contributed by atoms with Gasteiger partial charge in [-0.2, -0.15) is 0 Å². The molecule has 2 aromatic rings. The number of hydrogen-bond acceptors (Lipinski definition) is 7. The van der Waals surface area contributed by atoms with E-state index < -0.39 is 23.1 Å². The van der Waals surface area contributed by atoms with E-state index in [4.69, 9.17) is 18.9 Å². The van der Waals surface area contributed by atoms with Gasteiger partial charge < -0.3 is 18.9 Å². The van der Waals surface area contributed by atoms with Crippen LogP contribution in [0, 0.1) is 10.1 Å². The molecule has 190 valence electrons. The Kier molecular flexibility index (Phi) is 10.3. The van der Waals surface area contributed by atoms with Crippen LogP contribution in [0.25, 0.3) is 0 Å². The van der Waals surface area contributed by atoms with E-state index in [0.717, 1.165) is 12.8 Å². The Hall–Kier alpha value is -3.13. The minimum Gasteiger partial charge on any atom is -0.497 e. The van der Waals surface area contributed by atoms with Crippen LogP contribution < -0.4 is 14.2 Å². The van der Waals surface area contributed by atoms with Crippen molar-refractivity contribution in [2.24, 2.45) is 0 Å². The lowest BCUT2D eigenvalue weighted by Crippen LogP contribution is -2.15. The maximum Gasteiger partial charge on any atom is 0.343 e. The molecule has 0 bridgehead atoms. The normalized spacial score (nSPS) is 16.5. The van der Waals surface area contributed by atoms with Crippen molar-refractivity contribution in [3.05, 3.63) is 58.1 Å². The summed E-state index contributed by atoms with van der Waals surface area (Å²) in [6.07, 6.45) is 9.39. The number of benzene rings is 2. The summed E-state index contributed by atoms with van der Waals surface area (Å²) in [5.41, 5.74) is 0.417. The molecular weight excluding hydrogens is 450 g/mol. The number of methoxy groups -OCH3 is 1. The summed E-state index contributed by atoms with van der Waals surface area (Å²) >= 11 is 0. The first-order chi connectivity index (χ1) is 17.0. The number of nitro benzene ring substituents is 1. The van der Waals surface area contributed by atoms with E-state index in [1.807, 2.05) is 0 Å². The second-order valence-corrected chi connectivity index (χ2v) is 8.73. The van der Waals surface area contributed by atoms with E-state index in [2.05, 4.69) is 6.92 Å². The van der Waals surface area contributed by atoms with Crippen LogP contribution in [0.2, 0.25) is 0 Å². The Bertz CT molecular complexity index is 961. The summed E-state index contributed by atoms with van der Waals surface area (Å²) in [6, 6.07) is 11.0. The molecule has 0 N–H and O–H groups in total. The molecule has 1 saturated heterocycles. The first kappa shape index (κ1) is 26.5. The summed E-state index contributed by atoms with van der Waals surface area (Å²) in [7, 11) is 1.55. The van der Waals surface area contributed by atoms with Crippen molar-refractivity contribution < 1.29 is 28.7 Å². The molecule has 1 fully saturated rings. The number of nitro groups is 1. The molecule has 0 unspecified atom stereocenters. The summed E-state index contributed by atoms with van der Waals surface area (Å²) in [6.45, 7) is 2.73. The fraction of sp³-hybridized carbons (Fsp3) is 0.519. The Morgan fingerprint density at radius 2 is 1.57 bits per heavy atom. The summed E-state index contributed by atoms with van der Waals surface area (Å²) < 4.78 is 22.0. The lowest BCUT2D eigenvalue weighted by Gasteiger charge is -2.10. The molecule has 35 heavy (non-hydrogen) atoms. The third kappa shape index (κ3) is 8.24. The van der Waals surface area contributed by atoms with Crippen LogP contribution in [0.3, 0.4) is 0 Å². The van der Waals surface area contributed by atoms with Crippen LogP contribution >= 0.6 is 0 Å². The second kappa shape index (κ2) is 13.7. The molecular formula is C27H35NO7. The predicted molar refractivity (Wildman–Crippen MR) is 132 cm³/mol. The number of nitrogens with zero attached hydrogens (tertiary/aromatic N) is 1. The monoisotopic (exact) mass is 485 g/mol. The first-order valence-electron chi connectivity index (χ1n) is 12.5. The molecule has 1 aliphatic heterocycles. The number of esters is 1. The van der Waals surface area contributed by atoms with E-state index >= 15 is 0 Å². The Morgan fingerprint density at radius 3 is 2.20 bits per heavy atom. The van der Waals surface area contributed by atoms with E-state index in [1.54, 1.807) is 37.4 Å². The van der Waals surface area contributed by atoms with Crippen molar-refractivity contribution in [1.82, 2.24) is 0 Å². The van der Waals surface area contributed by atoms with Crippen LogP contribution in [0.5, 0.6) is 17.2 Å². The quantitative estimate of drug-likeness (QED) is 0.0663. The zero-order valence-corrected chi connectivity index (χ0v) is 20.6. The van der Waals surface area contributed by atoms with Crippen molar-refractivity contribution in [2.45, 2.75) is 76.9 Å². The number of ether oxygens (including phenoxy) is 4. The van der Waals surface area contributed by atoms with Gasteiger partial charge in [0, 0.05) is 17.7 Å². The molecule has 3 rings (SSSR count). The third-order valence-corrected chi connectivity index (χ3v) is 6.02. The maximum atomic E-state index is 12.5. The molecule has 8 heteroatoms. The highest BCUT2D eigenvalue weighted by Gasteiger charge is 2.49. The third-order valence-electron chi connectivity index (χ3n) is 6.02. The average Bonchev–Trinajstić information content (AvgIpc) is 3.67. The number of rotatable bonds is 16. The molecule has 0 spiro atoms. The van der Waals surface area contributed by atoms with Crippen molar-refractivity contribution in [3.8, 4) is 17.2 Å². The second-order valence-electron chi connectivity index (χ2n) is 8.73. The average molecular weight is 486 g/mol. The minimum absolute atomic E-state index is 0.0757. The van der Waals surface area contributed by atoms with Crippen LogP contribution in [0.15, 0.2) is 42.5 Å². The highest BCUT2D eigenvalue weighted by molar-refractivity contribution is 5.81. The number of hydrogen-bond donors (Lipinski definition) is 0. The van der Waals surface area contributed by atoms with Crippen LogP contribution in [0.1, 0.15) is 76.4 Å². The molecule has 8 nitrogen and oxygen atoms in total. The SMILES string of the molecule is CCCCCCCCCCCOc1ccc([N+](=O)[O-])cc1[C@@H]1O[C@H]1C(=O)Oc1ccc(OC)cc1. The molecule has 0 aliphatic carbocycles. The summed E-state index contributed by atoms with van der Waals surface area (Å²) in [4.78, 5) is 23.3. The van der Waals surface area contributed by atoms with Gasteiger partial charge in [-0.3, -0.25) is 10.1 Å². The molecule has 0 aromatic heterocycles. The van der Waals surface area contributed by atoms with E-state index in [9.17, 15) is 14.9 Å². The molecule has 0 amide bonds. The van der Waals surface area contributed by atoms with Crippen molar-refractivity contribution >= 4 is 11.7 Å². The standard InChI is InChI=1S/C27H35NO7/c1-3-4-5-6-7-8-9-10-11-18-33-24-17-12-20(28(30)31)19-23(24)25-26(35-25)27(29)34-22-15-13-21(32-2)14-16-22/h12-17,19,25-26H,3-11,18H2,1-2H3/t25-,26+/m0/s1. The van der Waals surface area contributed by atoms with Gasteiger partial charge >= 0.3 is 5.97 Å². The van der Waals surface area contributed by atoms with E-state index in [-0.39, 0.29) is 5.69 Å². The van der Waals surface area contributed by atoms with Crippen molar-refractivity contribution in [1.29, 1.82) is 0 Å². The first-order valence-corrected chi connectivity index (χ1v) is 12.5. The fourth-order valence-corrected chi connectivity index (χ4v) is 3.94. The lowest BCUT2D eigenvalue weighted by molar-refractivity contribution is -0.385. The fourth-order valence-electron chi connectivity index (χ4n) is 3.94. The van der Waals surface area contributed by atoms with Gasteiger partial charge in [-0.25, -0.2) is 4.79 Å². The highest BCUT2D eigenvalue weighted by Crippen LogP contribution is 2.45. The number of carbonyl (C=O) groups excluding carboxylic acids is 1. The number of non-ortho nitro benzene ring substituents is 1. The molecule has 0 saturated carbocycles. The van der Waals surface area contributed by atoms with Crippen LogP contribution in [0.4, 0.5) is 5.69 Å². The van der Waals surface area contributed by atoms with E-state index in [1.165, 1.54) is 57.1 Å². The van der Waals surface area contributed by atoms with Gasteiger partial charge in [-0.15, -0.1) is 0 Å². The van der Waals surface area contributed by atoms with Gasteiger partial charge in [0.25, 0.3) is 5.69 Å². The Morgan fingerprint density at radius 1 is 0.943 bits per heavy atom. The molecule has 2 atom stereocenters. The Balaban J connectivity index is 1.50. The van der Waals surface area contributed by atoms with Crippen molar-refractivity contribution in [3.63, 3.8) is 0 Å². The van der Waals surface area contributed by atoms with Gasteiger partial charge in [-0.1, -0.05) is 58.3 Å². The Labute approximate surface area is 206 Å². The molecule has 0 radical (unpaired) electrons.